The Morgan fingerprint density at radius 3 is 1.83 bits per heavy atom. The molecule has 0 radical (unpaired) electrons. The van der Waals surface area contributed by atoms with Crippen LogP contribution in [0.5, 0.6) is 5.75 Å². The summed E-state index contributed by atoms with van der Waals surface area (Å²) in [5.41, 5.74) is 0. The quantitative estimate of drug-likeness (QED) is 0.223. The zero-order valence-electron chi connectivity index (χ0n) is 12.8. The Bertz CT molecular complexity index is 499. The fraction of sp³-hybridized carbons (Fsp3) is 0.538. The average molecular weight is 360 g/mol. The first-order chi connectivity index (χ1) is 10.8. The van der Waals surface area contributed by atoms with E-state index in [9.17, 15) is 22.0 Å². The third-order valence-electron chi connectivity index (χ3n) is 2.90. The highest BCUT2D eigenvalue weighted by molar-refractivity contribution is 6.36. The summed E-state index contributed by atoms with van der Waals surface area (Å²) >= 11 is 0. The number of halogens is 5. The molecule has 0 N–H and O–H groups in total. The molecule has 132 valence electrons. The summed E-state index contributed by atoms with van der Waals surface area (Å²) in [7, 11) is 0.690. The molecule has 1 rings (SSSR count). The van der Waals surface area contributed by atoms with Crippen LogP contribution < -0.4 is 4.74 Å². The fourth-order valence-electron chi connectivity index (χ4n) is 1.72. The van der Waals surface area contributed by atoms with Crippen LogP contribution in [0, 0.1) is 29.1 Å². The normalized spacial score (nSPS) is 12.7. The van der Waals surface area contributed by atoms with Gasteiger partial charge in [0, 0.05) is 20.3 Å². The molecule has 0 heterocycles. The van der Waals surface area contributed by atoms with Gasteiger partial charge in [0.15, 0.2) is 5.75 Å². The lowest BCUT2D eigenvalue weighted by Crippen LogP contribution is -2.28. The molecule has 0 saturated heterocycles. The molecule has 0 fully saturated rings. The minimum Gasteiger partial charge on any atom is -0.487 e. The van der Waals surface area contributed by atoms with Crippen LogP contribution in [0.2, 0.25) is 0 Å². The monoisotopic (exact) mass is 360 g/mol. The number of rotatable bonds is 9. The van der Waals surface area contributed by atoms with Crippen molar-refractivity contribution in [2.75, 3.05) is 20.8 Å². The van der Waals surface area contributed by atoms with Gasteiger partial charge in [0.05, 0.1) is 6.61 Å². The smallest absolute Gasteiger partial charge is 0.483 e. The first-order valence-corrected chi connectivity index (χ1v) is 8.10. The third-order valence-corrected chi connectivity index (χ3v) is 4.36. The maximum Gasteiger partial charge on any atom is 0.483 e. The van der Waals surface area contributed by atoms with E-state index in [2.05, 4.69) is 4.74 Å². The van der Waals surface area contributed by atoms with Gasteiger partial charge in [0.2, 0.25) is 29.1 Å². The summed E-state index contributed by atoms with van der Waals surface area (Å²) in [5, 5.41) is 0. The van der Waals surface area contributed by atoms with E-state index in [1.54, 1.807) is 6.92 Å². The fourth-order valence-corrected chi connectivity index (χ4v) is 2.65. The topological polar surface area (TPSA) is 36.9 Å². The van der Waals surface area contributed by atoms with Crippen molar-refractivity contribution in [2.45, 2.75) is 25.9 Å². The van der Waals surface area contributed by atoms with Crippen molar-refractivity contribution in [1.29, 1.82) is 0 Å². The Morgan fingerprint density at radius 1 is 0.870 bits per heavy atom. The highest BCUT2D eigenvalue weighted by Gasteiger charge is 2.27. The molecular weight excluding hydrogens is 343 g/mol. The first-order valence-electron chi connectivity index (χ1n) is 6.68. The van der Waals surface area contributed by atoms with Gasteiger partial charge in [0.1, 0.15) is 0 Å². The summed E-state index contributed by atoms with van der Waals surface area (Å²) in [5.74, 6) is -11.6. The van der Waals surface area contributed by atoms with Gasteiger partial charge in [-0.2, -0.15) is 8.78 Å². The third kappa shape index (κ3) is 5.13. The van der Waals surface area contributed by atoms with Gasteiger partial charge < -0.3 is 18.0 Å². The Balaban J connectivity index is 2.54. The lowest BCUT2D eigenvalue weighted by atomic mass is 10.2. The van der Waals surface area contributed by atoms with E-state index in [0.717, 1.165) is 0 Å². The molecule has 0 aliphatic rings. The van der Waals surface area contributed by atoms with E-state index in [1.165, 1.54) is 14.2 Å². The van der Waals surface area contributed by atoms with Gasteiger partial charge in [0.25, 0.3) is 0 Å². The van der Waals surface area contributed by atoms with Gasteiger partial charge in [-0.1, -0.05) is 0 Å². The van der Waals surface area contributed by atoms with Crippen molar-refractivity contribution in [3.63, 3.8) is 0 Å². The van der Waals surface area contributed by atoms with Crippen LogP contribution in [0.25, 0.3) is 0 Å². The number of ether oxygens (including phenoxy) is 1. The van der Waals surface area contributed by atoms with Gasteiger partial charge in [-0.15, -0.1) is 0 Å². The predicted molar refractivity (Wildman–Crippen MR) is 72.7 cm³/mol. The molecule has 1 aromatic rings. The molecule has 1 aromatic carbocycles. The largest absolute Gasteiger partial charge is 0.487 e. The Labute approximate surface area is 132 Å². The minimum atomic E-state index is -2.22. The summed E-state index contributed by atoms with van der Waals surface area (Å²) in [6.07, 6.45) is 0.424. The standard InChI is InChI=1S/C13H17F5O4Si/c1-7(22-23(19-2)20-3)5-4-6-21-13-11(17)9(15)8(14)10(16)12(13)18/h7,23H,4-6H2,1-3H3. The highest BCUT2D eigenvalue weighted by Crippen LogP contribution is 2.29. The zero-order valence-corrected chi connectivity index (χ0v) is 14.0. The molecule has 4 nitrogen and oxygen atoms in total. The van der Waals surface area contributed by atoms with Crippen LogP contribution in [-0.2, 0) is 13.3 Å². The second-order valence-corrected chi connectivity index (χ2v) is 6.39. The van der Waals surface area contributed by atoms with Crippen LogP contribution in [-0.4, -0.2) is 36.5 Å². The van der Waals surface area contributed by atoms with Crippen LogP contribution >= 0.6 is 0 Å². The molecule has 1 atom stereocenters. The average Bonchev–Trinajstić information content (AvgIpc) is 2.55. The molecule has 0 aliphatic heterocycles. The summed E-state index contributed by atoms with van der Waals surface area (Å²) < 4.78 is 85.6. The van der Waals surface area contributed by atoms with Crippen LogP contribution in [0.15, 0.2) is 0 Å². The summed E-state index contributed by atoms with van der Waals surface area (Å²) in [4.78, 5) is 0. The van der Waals surface area contributed by atoms with Crippen molar-refractivity contribution >= 4 is 9.53 Å². The van der Waals surface area contributed by atoms with E-state index >= 15 is 0 Å². The van der Waals surface area contributed by atoms with Crippen molar-refractivity contribution in [2.24, 2.45) is 0 Å². The van der Waals surface area contributed by atoms with Gasteiger partial charge in [-0.25, -0.2) is 13.2 Å². The molecule has 0 bridgehead atoms. The van der Waals surface area contributed by atoms with E-state index < -0.39 is 44.4 Å². The van der Waals surface area contributed by atoms with E-state index in [4.69, 9.17) is 13.3 Å². The van der Waals surface area contributed by atoms with E-state index in [1.807, 2.05) is 0 Å². The second kappa shape index (κ2) is 9.16. The van der Waals surface area contributed by atoms with Crippen molar-refractivity contribution in [1.82, 2.24) is 0 Å². The van der Waals surface area contributed by atoms with Crippen LogP contribution in [0.3, 0.4) is 0 Å². The molecular formula is C13H17F5O4Si. The van der Waals surface area contributed by atoms with Crippen molar-refractivity contribution in [3.05, 3.63) is 29.1 Å². The molecule has 10 heteroatoms. The van der Waals surface area contributed by atoms with Crippen molar-refractivity contribution < 1.29 is 40.0 Å². The number of hydrogen-bond donors (Lipinski definition) is 0. The highest BCUT2D eigenvalue weighted by atomic mass is 28.3. The molecule has 0 amide bonds. The molecule has 0 aliphatic carbocycles. The first kappa shape index (κ1) is 19.8. The van der Waals surface area contributed by atoms with E-state index in [0.29, 0.717) is 6.42 Å². The van der Waals surface area contributed by atoms with Gasteiger partial charge in [-0.05, 0) is 19.8 Å². The second-order valence-electron chi connectivity index (χ2n) is 4.60. The lowest BCUT2D eigenvalue weighted by molar-refractivity contribution is 0.0867. The van der Waals surface area contributed by atoms with E-state index in [-0.39, 0.29) is 19.1 Å². The van der Waals surface area contributed by atoms with Crippen LogP contribution in [0.1, 0.15) is 19.8 Å². The Morgan fingerprint density at radius 2 is 1.35 bits per heavy atom. The maximum atomic E-state index is 13.4. The SMILES string of the molecule is CO[SiH](OC)OC(C)CCCOc1c(F)c(F)c(F)c(F)c1F. The lowest BCUT2D eigenvalue weighted by Gasteiger charge is -2.18. The molecule has 0 spiro atoms. The number of benzene rings is 1. The van der Waals surface area contributed by atoms with Crippen LogP contribution in [0.4, 0.5) is 22.0 Å². The number of hydrogen-bond acceptors (Lipinski definition) is 4. The maximum absolute atomic E-state index is 13.4. The predicted octanol–water partition coefficient (Wildman–Crippen LogP) is 2.96. The Hall–Kier alpha value is -1.23. The molecule has 1 unspecified atom stereocenters. The Kier molecular flexibility index (Phi) is 7.89. The summed E-state index contributed by atoms with van der Waals surface area (Å²) in [6, 6.07) is 0. The molecule has 23 heavy (non-hydrogen) atoms. The van der Waals surface area contributed by atoms with Crippen molar-refractivity contribution in [3.8, 4) is 5.75 Å². The van der Waals surface area contributed by atoms with Gasteiger partial charge >= 0.3 is 9.53 Å². The molecule has 0 aromatic heterocycles. The molecule has 0 saturated carbocycles. The van der Waals surface area contributed by atoms with Gasteiger partial charge in [-0.3, -0.25) is 0 Å². The minimum absolute atomic E-state index is 0.238. The summed E-state index contributed by atoms with van der Waals surface area (Å²) in [6.45, 7) is 1.49. The zero-order chi connectivity index (χ0) is 17.6.